The van der Waals surface area contributed by atoms with Crippen LogP contribution >= 0.6 is 11.3 Å². The molecule has 0 spiro atoms. The lowest BCUT2D eigenvalue weighted by Gasteiger charge is -2.26. The molecule has 0 saturated carbocycles. The first-order valence-corrected chi connectivity index (χ1v) is 8.86. The fourth-order valence-electron chi connectivity index (χ4n) is 3.09. The van der Waals surface area contributed by atoms with E-state index >= 15 is 0 Å². The van der Waals surface area contributed by atoms with Crippen molar-refractivity contribution in [1.82, 2.24) is 24.6 Å². The number of fused-ring (bicyclic) bond motifs is 1. The number of aromatic nitrogens is 4. The van der Waals surface area contributed by atoms with Gasteiger partial charge >= 0.3 is 0 Å². The SMILES string of the molecule is Cc1cc(CN2CCc3nc(-c4cccs4)[nH]c(=O)c3C2)nn1C. The van der Waals surface area contributed by atoms with E-state index in [1.165, 1.54) is 0 Å². The van der Waals surface area contributed by atoms with Gasteiger partial charge in [0.15, 0.2) is 5.82 Å². The van der Waals surface area contributed by atoms with Gasteiger partial charge in [0.25, 0.3) is 5.56 Å². The van der Waals surface area contributed by atoms with Crippen LogP contribution in [0.3, 0.4) is 0 Å². The van der Waals surface area contributed by atoms with Gasteiger partial charge in [0.05, 0.1) is 21.8 Å². The Balaban J connectivity index is 1.58. The van der Waals surface area contributed by atoms with Crippen LogP contribution in [0.25, 0.3) is 10.7 Å². The highest BCUT2D eigenvalue weighted by Gasteiger charge is 2.22. The Hall–Kier alpha value is -2.25. The minimum absolute atomic E-state index is 0.0229. The molecule has 0 bridgehead atoms. The first-order chi connectivity index (χ1) is 11.6. The molecular formula is C17H19N5OS. The lowest BCUT2D eigenvalue weighted by Crippen LogP contribution is -2.35. The van der Waals surface area contributed by atoms with Crippen molar-refractivity contribution < 1.29 is 0 Å². The number of rotatable bonds is 3. The molecule has 0 atom stereocenters. The molecule has 1 aliphatic heterocycles. The van der Waals surface area contributed by atoms with Gasteiger partial charge in [0.2, 0.25) is 0 Å². The summed E-state index contributed by atoms with van der Waals surface area (Å²) >= 11 is 1.59. The van der Waals surface area contributed by atoms with Gasteiger partial charge in [0, 0.05) is 38.8 Å². The van der Waals surface area contributed by atoms with Crippen LogP contribution < -0.4 is 5.56 Å². The maximum Gasteiger partial charge on any atom is 0.255 e. The van der Waals surface area contributed by atoms with Crippen LogP contribution in [-0.4, -0.2) is 31.2 Å². The number of thiophene rings is 1. The first kappa shape index (κ1) is 15.3. The smallest absolute Gasteiger partial charge is 0.255 e. The normalized spacial score (nSPS) is 14.8. The summed E-state index contributed by atoms with van der Waals surface area (Å²) in [6.07, 6.45) is 0.795. The summed E-state index contributed by atoms with van der Waals surface area (Å²) in [6, 6.07) is 6.04. The predicted molar refractivity (Wildman–Crippen MR) is 93.9 cm³/mol. The Morgan fingerprint density at radius 2 is 2.29 bits per heavy atom. The molecule has 0 radical (unpaired) electrons. The van der Waals surface area contributed by atoms with Gasteiger partial charge in [-0.15, -0.1) is 11.3 Å². The second-order valence-electron chi connectivity index (χ2n) is 6.18. The molecule has 3 aromatic rings. The second kappa shape index (κ2) is 5.99. The molecular weight excluding hydrogens is 322 g/mol. The third-order valence-electron chi connectivity index (χ3n) is 4.45. The molecule has 0 unspecified atom stereocenters. The highest BCUT2D eigenvalue weighted by atomic mass is 32.1. The van der Waals surface area contributed by atoms with Gasteiger partial charge in [-0.1, -0.05) is 6.07 Å². The van der Waals surface area contributed by atoms with E-state index in [0.29, 0.717) is 12.4 Å². The van der Waals surface area contributed by atoms with Crippen molar-refractivity contribution in [3.05, 3.63) is 56.6 Å². The Morgan fingerprint density at radius 1 is 1.42 bits per heavy atom. The van der Waals surface area contributed by atoms with Crippen LogP contribution in [0.4, 0.5) is 0 Å². The molecule has 0 saturated heterocycles. The molecule has 0 aromatic carbocycles. The van der Waals surface area contributed by atoms with E-state index in [0.717, 1.165) is 47.0 Å². The minimum Gasteiger partial charge on any atom is -0.306 e. The largest absolute Gasteiger partial charge is 0.306 e. The zero-order chi connectivity index (χ0) is 16.7. The van der Waals surface area contributed by atoms with Gasteiger partial charge in [-0.3, -0.25) is 14.4 Å². The fraction of sp³-hybridized carbons (Fsp3) is 0.353. The summed E-state index contributed by atoms with van der Waals surface area (Å²) in [7, 11) is 1.95. The molecule has 0 amide bonds. The molecule has 1 aliphatic rings. The van der Waals surface area contributed by atoms with Crippen molar-refractivity contribution in [3.8, 4) is 10.7 Å². The topological polar surface area (TPSA) is 66.8 Å². The number of aromatic amines is 1. The zero-order valence-corrected chi connectivity index (χ0v) is 14.6. The number of H-pyrrole nitrogens is 1. The highest BCUT2D eigenvalue weighted by molar-refractivity contribution is 7.13. The molecule has 0 aliphatic carbocycles. The van der Waals surface area contributed by atoms with E-state index in [-0.39, 0.29) is 5.56 Å². The van der Waals surface area contributed by atoms with Crippen LogP contribution in [0.5, 0.6) is 0 Å². The number of nitrogens with zero attached hydrogens (tertiary/aromatic N) is 4. The van der Waals surface area contributed by atoms with Crippen molar-refractivity contribution in [3.63, 3.8) is 0 Å². The summed E-state index contributed by atoms with van der Waals surface area (Å²) in [5.41, 5.74) is 3.87. The first-order valence-electron chi connectivity index (χ1n) is 7.98. The van der Waals surface area contributed by atoms with Crippen molar-refractivity contribution in [1.29, 1.82) is 0 Å². The minimum atomic E-state index is -0.0229. The molecule has 6 nitrogen and oxygen atoms in total. The van der Waals surface area contributed by atoms with Crippen LogP contribution in [0.1, 0.15) is 22.6 Å². The van der Waals surface area contributed by atoms with Crippen molar-refractivity contribution in [2.24, 2.45) is 7.05 Å². The molecule has 7 heteroatoms. The third-order valence-corrected chi connectivity index (χ3v) is 5.33. The summed E-state index contributed by atoms with van der Waals surface area (Å²) in [5.74, 6) is 0.683. The van der Waals surface area contributed by atoms with Crippen LogP contribution in [0.2, 0.25) is 0 Å². The Kier molecular flexibility index (Phi) is 3.82. The molecule has 124 valence electrons. The molecule has 3 aromatic heterocycles. The number of hydrogen-bond acceptors (Lipinski definition) is 5. The van der Waals surface area contributed by atoms with Gasteiger partial charge in [-0.2, -0.15) is 5.10 Å². The average molecular weight is 341 g/mol. The number of aryl methyl sites for hydroxylation is 2. The van der Waals surface area contributed by atoms with E-state index in [1.807, 2.05) is 36.2 Å². The molecule has 0 fully saturated rings. The van der Waals surface area contributed by atoms with E-state index in [9.17, 15) is 4.79 Å². The lowest BCUT2D eigenvalue weighted by atomic mass is 10.1. The predicted octanol–water partition coefficient (Wildman–Crippen LogP) is 2.10. The van der Waals surface area contributed by atoms with Crippen LogP contribution in [0.15, 0.2) is 28.4 Å². The summed E-state index contributed by atoms with van der Waals surface area (Å²) in [6.45, 7) is 4.32. The summed E-state index contributed by atoms with van der Waals surface area (Å²) in [5, 5.41) is 6.50. The van der Waals surface area contributed by atoms with Crippen molar-refractivity contribution in [2.45, 2.75) is 26.4 Å². The molecule has 4 rings (SSSR count). The maximum absolute atomic E-state index is 12.5. The Labute approximate surface area is 143 Å². The van der Waals surface area contributed by atoms with E-state index in [4.69, 9.17) is 0 Å². The van der Waals surface area contributed by atoms with Crippen molar-refractivity contribution in [2.75, 3.05) is 6.54 Å². The lowest BCUT2D eigenvalue weighted by molar-refractivity contribution is 0.238. The second-order valence-corrected chi connectivity index (χ2v) is 7.13. The Morgan fingerprint density at radius 3 is 3.00 bits per heavy atom. The summed E-state index contributed by atoms with van der Waals surface area (Å²) in [4.78, 5) is 23.4. The molecule has 4 heterocycles. The Bertz CT molecular complexity index is 906. The van der Waals surface area contributed by atoms with E-state index < -0.39 is 0 Å². The van der Waals surface area contributed by atoms with Gasteiger partial charge in [0.1, 0.15) is 0 Å². The standard InChI is InChI=1S/C17H19N5OS/c1-11-8-12(20-21(11)2)9-22-6-5-14-13(10-22)17(23)19-16(18-14)15-4-3-7-24-15/h3-4,7-8H,5-6,9-10H2,1-2H3,(H,18,19,23). The van der Waals surface area contributed by atoms with E-state index in [1.54, 1.807) is 11.3 Å². The number of nitrogens with one attached hydrogen (secondary N) is 1. The average Bonchev–Trinajstić information content (AvgIpc) is 3.19. The maximum atomic E-state index is 12.5. The third kappa shape index (κ3) is 2.81. The summed E-state index contributed by atoms with van der Waals surface area (Å²) < 4.78 is 1.88. The molecule has 1 N–H and O–H groups in total. The van der Waals surface area contributed by atoms with Gasteiger partial charge < -0.3 is 4.98 Å². The van der Waals surface area contributed by atoms with Crippen LogP contribution in [0, 0.1) is 6.92 Å². The zero-order valence-electron chi connectivity index (χ0n) is 13.7. The number of hydrogen-bond donors (Lipinski definition) is 1. The van der Waals surface area contributed by atoms with Gasteiger partial charge in [-0.25, -0.2) is 4.98 Å². The van der Waals surface area contributed by atoms with Crippen LogP contribution in [-0.2, 0) is 26.6 Å². The van der Waals surface area contributed by atoms with Crippen molar-refractivity contribution >= 4 is 11.3 Å². The quantitative estimate of drug-likeness (QED) is 0.792. The van der Waals surface area contributed by atoms with E-state index in [2.05, 4.69) is 26.0 Å². The van der Waals surface area contributed by atoms with Gasteiger partial charge in [-0.05, 0) is 24.4 Å². The fourth-order valence-corrected chi connectivity index (χ4v) is 3.76. The monoisotopic (exact) mass is 341 g/mol. The highest BCUT2D eigenvalue weighted by Crippen LogP contribution is 2.23. The molecule has 24 heavy (non-hydrogen) atoms.